The molecule has 4 N–H and O–H groups in total. The van der Waals surface area contributed by atoms with Crippen molar-refractivity contribution in [2.45, 2.75) is 75.9 Å². The average molecular weight is 313 g/mol. The van der Waals surface area contributed by atoms with E-state index >= 15 is 0 Å². The number of benzene rings is 1. The summed E-state index contributed by atoms with van der Waals surface area (Å²) in [5, 5.41) is 20.3. The summed E-state index contributed by atoms with van der Waals surface area (Å²) in [5.74, 6) is 0.409. The van der Waals surface area contributed by atoms with Gasteiger partial charge in [-0.25, -0.2) is 0 Å². The summed E-state index contributed by atoms with van der Waals surface area (Å²) < 4.78 is 0. The van der Waals surface area contributed by atoms with Crippen LogP contribution in [-0.4, -0.2) is 21.9 Å². The van der Waals surface area contributed by atoms with Crippen molar-refractivity contribution in [2.24, 2.45) is 5.73 Å². The minimum atomic E-state index is -0.281. The molecule has 1 fully saturated rings. The largest absolute Gasteiger partial charge is 0.508 e. The van der Waals surface area contributed by atoms with Crippen LogP contribution in [0, 0.1) is 6.92 Å². The fourth-order valence-electron chi connectivity index (χ4n) is 5.64. The second-order valence-corrected chi connectivity index (χ2v) is 7.85. The summed E-state index contributed by atoms with van der Waals surface area (Å²) in [6, 6.07) is 3.99. The third kappa shape index (κ3) is 1.90. The number of hydrogen-bond acceptors (Lipinski definition) is 3. The Kier molecular flexibility index (Phi) is 3.20. The summed E-state index contributed by atoms with van der Waals surface area (Å²) >= 11 is 0. The van der Waals surface area contributed by atoms with Crippen LogP contribution < -0.4 is 5.73 Å². The molecule has 124 valence electrons. The molecule has 0 aliphatic heterocycles. The Morgan fingerprint density at radius 2 is 2.00 bits per heavy atom. The van der Waals surface area contributed by atoms with Crippen molar-refractivity contribution in [3.8, 4) is 5.75 Å². The lowest BCUT2D eigenvalue weighted by Gasteiger charge is -2.49. The maximum absolute atomic E-state index is 10.2. The fourth-order valence-corrected chi connectivity index (χ4v) is 5.64. The smallest absolute Gasteiger partial charge is 0.118 e. The van der Waals surface area contributed by atoms with E-state index in [1.807, 2.05) is 13.0 Å². The van der Waals surface area contributed by atoms with E-state index in [-0.39, 0.29) is 17.1 Å². The number of aliphatic hydroxyl groups excluding tert-OH is 1. The Hall–Kier alpha value is -1.32. The molecule has 0 unspecified atom stereocenters. The lowest BCUT2D eigenvalue weighted by Crippen LogP contribution is -2.49. The zero-order chi connectivity index (χ0) is 16.4. The average Bonchev–Trinajstić information content (AvgIpc) is 2.84. The first-order valence-electron chi connectivity index (χ1n) is 8.93. The van der Waals surface area contributed by atoms with Crippen molar-refractivity contribution in [1.29, 1.82) is 0 Å². The summed E-state index contributed by atoms with van der Waals surface area (Å²) in [7, 11) is 0. The van der Waals surface area contributed by atoms with Gasteiger partial charge < -0.3 is 15.9 Å². The van der Waals surface area contributed by atoms with Gasteiger partial charge in [0.2, 0.25) is 0 Å². The van der Waals surface area contributed by atoms with Gasteiger partial charge in [-0.1, -0.05) is 18.6 Å². The van der Waals surface area contributed by atoms with Crippen LogP contribution in [0.2, 0.25) is 0 Å². The summed E-state index contributed by atoms with van der Waals surface area (Å²) in [6.07, 6.45) is 6.26. The van der Waals surface area contributed by atoms with Crippen LogP contribution in [0.3, 0.4) is 0 Å². The minimum absolute atomic E-state index is 0.0638. The summed E-state index contributed by atoms with van der Waals surface area (Å²) in [6.45, 7) is 4.30. The van der Waals surface area contributed by atoms with Gasteiger partial charge in [0, 0.05) is 11.0 Å². The van der Waals surface area contributed by atoms with Gasteiger partial charge >= 0.3 is 0 Å². The van der Waals surface area contributed by atoms with Gasteiger partial charge in [-0.2, -0.15) is 0 Å². The molecule has 3 atom stereocenters. The van der Waals surface area contributed by atoms with Gasteiger partial charge in [0.05, 0.1) is 6.10 Å². The number of fused-ring (bicyclic) bond motifs is 4. The molecular weight excluding hydrogens is 286 g/mol. The molecule has 1 aromatic carbocycles. The number of hydrogen-bond donors (Lipinski definition) is 3. The van der Waals surface area contributed by atoms with Crippen LogP contribution in [0.4, 0.5) is 0 Å². The zero-order valence-corrected chi connectivity index (χ0v) is 14.2. The van der Waals surface area contributed by atoms with E-state index in [0.29, 0.717) is 12.2 Å². The molecule has 3 aliphatic rings. The Bertz CT molecular complexity index is 708. The van der Waals surface area contributed by atoms with Crippen LogP contribution in [0.1, 0.15) is 62.1 Å². The molecule has 0 aromatic heterocycles. The van der Waals surface area contributed by atoms with Crippen molar-refractivity contribution in [3.05, 3.63) is 40.0 Å². The second kappa shape index (κ2) is 4.84. The van der Waals surface area contributed by atoms with Crippen LogP contribution in [0.25, 0.3) is 0 Å². The quantitative estimate of drug-likeness (QED) is 0.697. The van der Waals surface area contributed by atoms with Crippen LogP contribution in [-0.2, 0) is 11.8 Å². The topological polar surface area (TPSA) is 66.5 Å². The third-order valence-corrected chi connectivity index (χ3v) is 6.89. The van der Waals surface area contributed by atoms with Gasteiger partial charge in [-0.3, -0.25) is 0 Å². The van der Waals surface area contributed by atoms with Crippen LogP contribution in [0.15, 0.2) is 23.3 Å². The molecule has 0 amide bonds. The van der Waals surface area contributed by atoms with Crippen LogP contribution >= 0.6 is 0 Å². The van der Waals surface area contributed by atoms with E-state index in [2.05, 4.69) is 13.0 Å². The van der Waals surface area contributed by atoms with Crippen molar-refractivity contribution < 1.29 is 10.2 Å². The van der Waals surface area contributed by atoms with E-state index in [4.69, 9.17) is 5.73 Å². The first-order valence-corrected chi connectivity index (χ1v) is 8.93. The highest BCUT2D eigenvalue weighted by Crippen LogP contribution is 2.57. The maximum Gasteiger partial charge on any atom is 0.118 e. The van der Waals surface area contributed by atoms with E-state index < -0.39 is 0 Å². The molecule has 3 heteroatoms. The number of phenols is 1. The molecule has 0 saturated heterocycles. The molecule has 0 bridgehead atoms. The molecule has 3 nitrogen and oxygen atoms in total. The first-order chi connectivity index (χ1) is 10.9. The number of phenolic OH excluding ortho intramolecular Hbond substituents is 1. The molecule has 0 heterocycles. The summed E-state index contributed by atoms with van der Waals surface area (Å²) in [4.78, 5) is 0. The Morgan fingerprint density at radius 1 is 1.22 bits per heavy atom. The number of aliphatic hydroxyl groups is 1. The van der Waals surface area contributed by atoms with Gasteiger partial charge in [0.25, 0.3) is 0 Å². The van der Waals surface area contributed by atoms with E-state index in [1.165, 1.54) is 22.3 Å². The Morgan fingerprint density at radius 3 is 2.74 bits per heavy atom. The van der Waals surface area contributed by atoms with Crippen LogP contribution in [0.5, 0.6) is 5.75 Å². The molecule has 0 spiro atoms. The molecule has 1 saturated carbocycles. The maximum atomic E-state index is 10.2. The predicted octanol–water partition coefficient (Wildman–Crippen LogP) is 3.24. The first kappa shape index (κ1) is 15.2. The Balaban J connectivity index is 1.95. The van der Waals surface area contributed by atoms with Gasteiger partial charge in [-0.15, -0.1) is 0 Å². The molecule has 0 radical (unpaired) electrons. The molecule has 3 aliphatic carbocycles. The van der Waals surface area contributed by atoms with E-state index in [1.54, 1.807) is 0 Å². The number of allylic oxidation sites excluding steroid dienone is 1. The van der Waals surface area contributed by atoms with Crippen molar-refractivity contribution in [1.82, 2.24) is 0 Å². The number of rotatable bonds is 1. The zero-order valence-electron chi connectivity index (χ0n) is 14.2. The lowest BCUT2D eigenvalue weighted by atomic mass is 9.56. The van der Waals surface area contributed by atoms with Gasteiger partial charge in [-0.05, 0) is 80.2 Å². The molecule has 4 rings (SSSR count). The standard InChI is InChI=1S/C20H27NO2/c1-3-19-8-9-20(21)11-13(22)10-17(20)16(19)5-4-14-12(2)18(23)7-6-15(14)19/h6-7,13,22-23H,3-5,8-11,21H2,1-2H3/t13-,19-,20+/m0/s1. The Labute approximate surface area is 138 Å². The highest BCUT2D eigenvalue weighted by molar-refractivity contribution is 5.56. The third-order valence-electron chi connectivity index (χ3n) is 6.89. The minimum Gasteiger partial charge on any atom is -0.508 e. The van der Waals surface area contributed by atoms with E-state index in [9.17, 15) is 10.2 Å². The second-order valence-electron chi connectivity index (χ2n) is 7.85. The number of nitrogens with two attached hydrogens (primary N) is 1. The van der Waals surface area contributed by atoms with E-state index in [0.717, 1.165) is 44.1 Å². The monoisotopic (exact) mass is 313 g/mol. The lowest BCUT2D eigenvalue weighted by molar-refractivity contribution is 0.171. The highest BCUT2D eigenvalue weighted by Gasteiger charge is 2.52. The molecular formula is C20H27NO2. The van der Waals surface area contributed by atoms with Gasteiger partial charge in [0.1, 0.15) is 5.75 Å². The highest BCUT2D eigenvalue weighted by atomic mass is 16.3. The normalized spacial score (nSPS) is 35.7. The molecule has 23 heavy (non-hydrogen) atoms. The van der Waals surface area contributed by atoms with Crippen molar-refractivity contribution in [2.75, 3.05) is 0 Å². The van der Waals surface area contributed by atoms with Gasteiger partial charge in [0.15, 0.2) is 0 Å². The summed E-state index contributed by atoms with van der Waals surface area (Å²) in [5.41, 5.74) is 13.1. The van der Waals surface area contributed by atoms with Crippen molar-refractivity contribution in [3.63, 3.8) is 0 Å². The molecule has 1 aromatic rings. The fraction of sp³-hybridized carbons (Fsp3) is 0.600. The number of aromatic hydroxyl groups is 1. The SMILES string of the molecule is CC[C@@]12CC[C@@]3(N)C[C@@H](O)CC3=C1CCc1c2ccc(O)c1C. The van der Waals surface area contributed by atoms with Crippen molar-refractivity contribution >= 4 is 0 Å². The predicted molar refractivity (Wildman–Crippen MR) is 91.6 cm³/mol.